The van der Waals surface area contributed by atoms with Crippen molar-refractivity contribution in [2.45, 2.75) is 0 Å². The zero-order valence-electron chi connectivity index (χ0n) is 8.77. The van der Waals surface area contributed by atoms with Crippen molar-refractivity contribution < 1.29 is 8.78 Å². The van der Waals surface area contributed by atoms with E-state index in [4.69, 9.17) is 0 Å². The first-order valence-corrected chi connectivity index (χ1v) is 5.13. The number of fused-ring (bicyclic) bond motifs is 1. The van der Waals surface area contributed by atoms with Crippen LogP contribution in [-0.4, -0.2) is 9.38 Å². The molecule has 0 aliphatic heterocycles. The minimum Gasteiger partial charge on any atom is -0.300 e. The quantitative estimate of drug-likeness (QED) is 0.627. The number of imidazole rings is 1. The lowest BCUT2D eigenvalue weighted by molar-refractivity contribution is 0.509. The summed E-state index contributed by atoms with van der Waals surface area (Å²) in [4.78, 5) is 4.21. The molecule has 17 heavy (non-hydrogen) atoms. The third kappa shape index (κ3) is 1.58. The molecule has 0 amide bonds. The zero-order valence-corrected chi connectivity index (χ0v) is 8.77. The molecule has 0 bridgehead atoms. The molecular formula is C13H8F2N2. The summed E-state index contributed by atoms with van der Waals surface area (Å²) < 4.78 is 27.8. The molecule has 0 atom stereocenters. The molecule has 4 heteroatoms. The molecule has 0 aliphatic carbocycles. The molecular weight excluding hydrogens is 222 g/mol. The summed E-state index contributed by atoms with van der Waals surface area (Å²) >= 11 is 0. The fourth-order valence-electron chi connectivity index (χ4n) is 1.79. The molecule has 2 aromatic heterocycles. The Labute approximate surface area is 96.2 Å². The van der Waals surface area contributed by atoms with Crippen molar-refractivity contribution in [1.82, 2.24) is 9.38 Å². The van der Waals surface area contributed by atoms with Crippen molar-refractivity contribution in [2.24, 2.45) is 0 Å². The number of halogens is 2. The molecule has 3 rings (SSSR count). The first kappa shape index (κ1) is 9.96. The number of aromatic nitrogens is 2. The van der Waals surface area contributed by atoms with E-state index in [1.54, 1.807) is 6.20 Å². The Morgan fingerprint density at radius 1 is 1.00 bits per heavy atom. The van der Waals surface area contributed by atoms with Gasteiger partial charge in [0, 0.05) is 11.8 Å². The van der Waals surface area contributed by atoms with E-state index in [0.29, 0.717) is 11.4 Å². The Kier molecular flexibility index (Phi) is 2.14. The molecule has 0 radical (unpaired) electrons. The maximum Gasteiger partial charge on any atom is 0.159 e. The molecule has 0 spiro atoms. The van der Waals surface area contributed by atoms with E-state index in [-0.39, 0.29) is 0 Å². The summed E-state index contributed by atoms with van der Waals surface area (Å²) in [6, 6.07) is 9.42. The summed E-state index contributed by atoms with van der Waals surface area (Å²) in [5, 5.41) is 0. The molecule has 2 nitrogen and oxygen atoms in total. The van der Waals surface area contributed by atoms with Crippen LogP contribution in [0.2, 0.25) is 0 Å². The van der Waals surface area contributed by atoms with E-state index in [9.17, 15) is 8.78 Å². The monoisotopic (exact) mass is 230 g/mol. The molecule has 1 aromatic carbocycles. The SMILES string of the molecule is Fc1ccc(-c2ncc3ccccn23)cc1F. The minimum absolute atomic E-state index is 0.551. The fraction of sp³-hybridized carbons (Fsp3) is 0. The zero-order chi connectivity index (χ0) is 11.8. The van der Waals surface area contributed by atoms with Crippen LogP contribution in [0.3, 0.4) is 0 Å². The average molecular weight is 230 g/mol. The summed E-state index contributed by atoms with van der Waals surface area (Å²) in [7, 11) is 0. The molecule has 0 N–H and O–H groups in total. The average Bonchev–Trinajstić information content (AvgIpc) is 2.76. The Bertz CT molecular complexity index is 689. The summed E-state index contributed by atoms with van der Waals surface area (Å²) in [6.45, 7) is 0. The summed E-state index contributed by atoms with van der Waals surface area (Å²) in [5.74, 6) is -1.12. The van der Waals surface area contributed by atoms with Gasteiger partial charge in [0.15, 0.2) is 11.6 Å². The highest BCUT2D eigenvalue weighted by molar-refractivity contribution is 5.62. The van der Waals surface area contributed by atoms with Crippen LogP contribution in [0, 0.1) is 11.6 Å². The molecule has 0 saturated carbocycles. The van der Waals surface area contributed by atoms with Crippen LogP contribution in [-0.2, 0) is 0 Å². The number of hydrogen-bond donors (Lipinski definition) is 0. The van der Waals surface area contributed by atoms with Crippen molar-refractivity contribution in [2.75, 3.05) is 0 Å². The highest BCUT2D eigenvalue weighted by Gasteiger charge is 2.08. The van der Waals surface area contributed by atoms with Gasteiger partial charge in [0.2, 0.25) is 0 Å². The van der Waals surface area contributed by atoms with E-state index in [0.717, 1.165) is 17.6 Å². The predicted octanol–water partition coefficient (Wildman–Crippen LogP) is 3.28. The van der Waals surface area contributed by atoms with Crippen LogP contribution in [0.1, 0.15) is 0 Å². The molecule has 3 aromatic rings. The van der Waals surface area contributed by atoms with Gasteiger partial charge in [0.1, 0.15) is 5.82 Å². The van der Waals surface area contributed by atoms with Crippen molar-refractivity contribution >= 4 is 5.52 Å². The molecule has 0 fully saturated rings. The number of pyridine rings is 1. The Hall–Kier alpha value is -2.23. The first-order valence-electron chi connectivity index (χ1n) is 5.13. The summed E-state index contributed by atoms with van der Waals surface area (Å²) in [5.41, 5.74) is 1.46. The number of hydrogen-bond acceptors (Lipinski definition) is 1. The molecule has 84 valence electrons. The van der Waals surface area contributed by atoms with Gasteiger partial charge in [-0.25, -0.2) is 13.8 Å². The van der Waals surface area contributed by atoms with Gasteiger partial charge in [-0.1, -0.05) is 6.07 Å². The number of rotatable bonds is 1. The van der Waals surface area contributed by atoms with Crippen molar-refractivity contribution in [3.63, 3.8) is 0 Å². The van der Waals surface area contributed by atoms with Crippen molar-refractivity contribution in [3.8, 4) is 11.4 Å². The topological polar surface area (TPSA) is 17.3 Å². The molecule has 0 unspecified atom stereocenters. The van der Waals surface area contributed by atoms with Gasteiger partial charge in [-0.15, -0.1) is 0 Å². The van der Waals surface area contributed by atoms with E-state index >= 15 is 0 Å². The highest BCUT2D eigenvalue weighted by atomic mass is 19.2. The van der Waals surface area contributed by atoms with Crippen LogP contribution < -0.4 is 0 Å². The van der Waals surface area contributed by atoms with E-state index < -0.39 is 11.6 Å². The second kappa shape index (κ2) is 3.66. The van der Waals surface area contributed by atoms with Gasteiger partial charge in [-0.05, 0) is 30.3 Å². The Balaban J connectivity index is 2.24. The van der Waals surface area contributed by atoms with Crippen LogP contribution in [0.4, 0.5) is 8.78 Å². The van der Waals surface area contributed by atoms with Crippen molar-refractivity contribution in [1.29, 1.82) is 0 Å². The smallest absolute Gasteiger partial charge is 0.159 e. The minimum atomic E-state index is -0.866. The molecule has 0 aliphatic rings. The van der Waals surface area contributed by atoms with Gasteiger partial charge < -0.3 is 0 Å². The first-order chi connectivity index (χ1) is 8.25. The Morgan fingerprint density at radius 2 is 1.88 bits per heavy atom. The maximum absolute atomic E-state index is 13.2. The van der Waals surface area contributed by atoms with Crippen LogP contribution in [0.5, 0.6) is 0 Å². The van der Waals surface area contributed by atoms with E-state index in [1.807, 2.05) is 28.8 Å². The largest absolute Gasteiger partial charge is 0.300 e. The number of benzene rings is 1. The second-order valence-electron chi connectivity index (χ2n) is 3.71. The van der Waals surface area contributed by atoms with Gasteiger partial charge in [0.25, 0.3) is 0 Å². The number of nitrogens with zero attached hydrogens (tertiary/aromatic N) is 2. The van der Waals surface area contributed by atoms with Gasteiger partial charge in [-0.3, -0.25) is 4.40 Å². The van der Waals surface area contributed by atoms with Crippen LogP contribution >= 0.6 is 0 Å². The predicted molar refractivity (Wildman–Crippen MR) is 60.5 cm³/mol. The lowest BCUT2D eigenvalue weighted by Gasteiger charge is -2.01. The molecule has 2 heterocycles. The normalized spacial score (nSPS) is 10.9. The summed E-state index contributed by atoms with van der Waals surface area (Å²) in [6.07, 6.45) is 3.52. The fourth-order valence-corrected chi connectivity index (χ4v) is 1.79. The van der Waals surface area contributed by atoms with Gasteiger partial charge in [0.05, 0.1) is 11.7 Å². The standard InChI is InChI=1S/C13H8F2N2/c14-11-5-4-9(7-12(11)15)13-16-8-10-3-1-2-6-17(10)13/h1-8H. The lowest BCUT2D eigenvalue weighted by Crippen LogP contribution is -1.91. The third-order valence-corrected chi connectivity index (χ3v) is 2.62. The van der Waals surface area contributed by atoms with Crippen LogP contribution in [0.15, 0.2) is 48.8 Å². The van der Waals surface area contributed by atoms with Crippen LogP contribution in [0.25, 0.3) is 16.9 Å². The van der Waals surface area contributed by atoms with E-state index in [2.05, 4.69) is 4.98 Å². The van der Waals surface area contributed by atoms with Gasteiger partial charge >= 0.3 is 0 Å². The van der Waals surface area contributed by atoms with E-state index in [1.165, 1.54) is 6.07 Å². The Morgan fingerprint density at radius 3 is 2.71 bits per heavy atom. The van der Waals surface area contributed by atoms with Gasteiger partial charge in [-0.2, -0.15) is 0 Å². The highest BCUT2D eigenvalue weighted by Crippen LogP contribution is 2.21. The molecule has 0 saturated heterocycles. The van der Waals surface area contributed by atoms with Crippen molar-refractivity contribution in [3.05, 3.63) is 60.4 Å². The lowest BCUT2D eigenvalue weighted by atomic mass is 10.2. The maximum atomic E-state index is 13.2. The third-order valence-electron chi connectivity index (χ3n) is 2.62. The second-order valence-corrected chi connectivity index (χ2v) is 3.71.